The van der Waals surface area contributed by atoms with Crippen LogP contribution in [0.25, 0.3) is 0 Å². The molecule has 1 radical (unpaired) electrons. The smallest absolute Gasteiger partial charge is 0.0991 e. The molecule has 0 fully saturated rings. The zero-order valence-electron chi connectivity index (χ0n) is 8.35. The predicted octanol–water partition coefficient (Wildman–Crippen LogP) is 2.02. The summed E-state index contributed by atoms with van der Waals surface area (Å²) in [5.41, 5.74) is 0.159. The van der Waals surface area contributed by atoms with Crippen molar-refractivity contribution in [3.05, 3.63) is 0 Å². The number of aliphatic imine (C=N–C) groups is 1. The van der Waals surface area contributed by atoms with Crippen LogP contribution >= 0.6 is 0 Å². The second kappa shape index (κ2) is 7.33. The zero-order chi connectivity index (χ0) is 8.91. The van der Waals surface area contributed by atoms with E-state index in [0.717, 1.165) is 25.1 Å². The van der Waals surface area contributed by atoms with Crippen LogP contribution in [-0.4, -0.2) is 23.0 Å². The summed E-state index contributed by atoms with van der Waals surface area (Å²) < 4.78 is 0. The molecule has 0 aliphatic carbocycles. The molecule has 1 unspecified atom stereocenters. The molecule has 0 rings (SSSR count). The molecule has 2 nitrogen and oxygen atoms in total. The Bertz CT molecular complexity index is 143. The number of aliphatic hydroxyl groups is 1. The molecule has 0 aliphatic heterocycles. The molecule has 0 heterocycles. The molecule has 0 saturated carbocycles. The fourth-order valence-corrected chi connectivity index (χ4v) is 1.08. The molecule has 75 valence electrons. The van der Waals surface area contributed by atoms with Crippen LogP contribution in [0.3, 0.4) is 0 Å². The van der Waals surface area contributed by atoms with Crippen LogP contribution in [0, 0.1) is 38.6 Å². The molecule has 0 spiro atoms. The van der Waals surface area contributed by atoms with Crippen molar-refractivity contribution in [2.24, 2.45) is 4.99 Å². The maximum absolute atomic E-state index is 9.78. The molecule has 1 atom stereocenters. The summed E-state index contributed by atoms with van der Waals surface area (Å²) in [5, 5.41) is 9.78. The van der Waals surface area contributed by atoms with E-state index in [1.54, 1.807) is 0 Å². The van der Waals surface area contributed by atoms with Crippen molar-refractivity contribution < 1.29 is 43.7 Å². The number of rotatable bonds is 4. The molecule has 0 amide bonds. The minimum absolute atomic E-state index is 0. The van der Waals surface area contributed by atoms with Crippen LogP contribution in [0.15, 0.2) is 4.99 Å². The summed E-state index contributed by atoms with van der Waals surface area (Å²) in [6.07, 6.45) is 1.78. The van der Waals surface area contributed by atoms with Crippen LogP contribution in [-0.2, 0) is 0 Å². The van der Waals surface area contributed by atoms with Gasteiger partial charge in [-0.05, 0) is 27.2 Å². The summed E-state index contributed by atoms with van der Waals surface area (Å²) in [4.78, 5) is 4.18. The van der Waals surface area contributed by atoms with E-state index >= 15 is 0 Å². The SMILES string of the molecule is CCCC(C)(O)C(C)=NCC.[Tb]. The first-order valence-electron chi connectivity index (χ1n) is 4.28. The average Bonchev–Trinajstić information content (AvgIpc) is 1.88. The van der Waals surface area contributed by atoms with Crippen molar-refractivity contribution in [3.63, 3.8) is 0 Å². The van der Waals surface area contributed by atoms with E-state index in [-0.39, 0.29) is 38.6 Å². The van der Waals surface area contributed by atoms with Crippen LogP contribution in [0.5, 0.6) is 0 Å². The van der Waals surface area contributed by atoms with Crippen LogP contribution in [0.2, 0.25) is 0 Å². The molecule has 1 N–H and O–H groups in total. The Morgan fingerprint density at radius 2 is 1.92 bits per heavy atom. The van der Waals surface area contributed by atoms with Gasteiger partial charge >= 0.3 is 0 Å². The Balaban J connectivity index is 0. The monoisotopic (exact) mass is 316 g/mol. The van der Waals surface area contributed by atoms with Crippen molar-refractivity contribution >= 4 is 5.71 Å². The van der Waals surface area contributed by atoms with E-state index in [9.17, 15) is 5.11 Å². The Morgan fingerprint density at radius 1 is 1.42 bits per heavy atom. The van der Waals surface area contributed by atoms with Gasteiger partial charge in [-0.2, -0.15) is 0 Å². The molecule has 3 heteroatoms. The number of hydrogen-bond acceptors (Lipinski definition) is 2. The van der Waals surface area contributed by atoms with Crippen LogP contribution in [0.4, 0.5) is 0 Å². The van der Waals surface area contributed by atoms with E-state index in [4.69, 9.17) is 0 Å². The quantitative estimate of drug-likeness (QED) is 0.791. The van der Waals surface area contributed by atoms with E-state index < -0.39 is 5.60 Å². The Labute approximate surface area is 106 Å². The van der Waals surface area contributed by atoms with Gasteiger partial charge in [0.15, 0.2) is 0 Å². The van der Waals surface area contributed by atoms with E-state index in [0.29, 0.717) is 0 Å². The molecule has 0 aliphatic rings. The molecule has 0 aromatic carbocycles. The second-order valence-corrected chi connectivity index (χ2v) is 3.08. The van der Waals surface area contributed by atoms with E-state index in [1.807, 2.05) is 20.8 Å². The largest absolute Gasteiger partial charge is 0.384 e. The van der Waals surface area contributed by atoms with Gasteiger partial charge in [-0.15, -0.1) is 0 Å². The topological polar surface area (TPSA) is 32.6 Å². The van der Waals surface area contributed by atoms with Gasteiger partial charge in [0.1, 0.15) is 0 Å². The number of nitrogens with zero attached hydrogens (tertiary/aromatic N) is 1. The van der Waals surface area contributed by atoms with Gasteiger partial charge < -0.3 is 5.11 Å². The van der Waals surface area contributed by atoms with Crippen molar-refractivity contribution in [3.8, 4) is 0 Å². The van der Waals surface area contributed by atoms with Gasteiger partial charge in [0.05, 0.1) is 5.60 Å². The summed E-state index contributed by atoms with van der Waals surface area (Å²) in [7, 11) is 0. The summed E-state index contributed by atoms with van der Waals surface area (Å²) in [6.45, 7) is 8.51. The minimum Gasteiger partial charge on any atom is -0.384 e. The summed E-state index contributed by atoms with van der Waals surface area (Å²) in [6, 6.07) is 0. The minimum atomic E-state index is -0.690. The van der Waals surface area contributed by atoms with Crippen molar-refractivity contribution in [1.29, 1.82) is 0 Å². The summed E-state index contributed by atoms with van der Waals surface area (Å²) in [5.74, 6) is 0. The molecule has 0 aromatic rings. The maximum Gasteiger partial charge on any atom is 0.0991 e. The first-order valence-corrected chi connectivity index (χ1v) is 4.28. The Kier molecular flexibility index (Phi) is 9.40. The molecular formula is C9H19NOTb. The normalized spacial score (nSPS) is 16.6. The number of hydrogen-bond donors (Lipinski definition) is 1. The average molecular weight is 316 g/mol. The molecule has 12 heavy (non-hydrogen) atoms. The van der Waals surface area contributed by atoms with E-state index in [1.165, 1.54) is 0 Å². The zero-order valence-corrected chi connectivity index (χ0v) is 10.5. The van der Waals surface area contributed by atoms with Gasteiger partial charge in [-0.1, -0.05) is 13.3 Å². The van der Waals surface area contributed by atoms with Crippen molar-refractivity contribution in [2.75, 3.05) is 6.54 Å². The Morgan fingerprint density at radius 3 is 2.25 bits per heavy atom. The molecule has 0 aromatic heterocycles. The summed E-state index contributed by atoms with van der Waals surface area (Å²) >= 11 is 0. The fraction of sp³-hybridized carbons (Fsp3) is 0.889. The molecular weight excluding hydrogens is 297 g/mol. The first-order chi connectivity index (χ1) is 5.04. The van der Waals surface area contributed by atoms with Crippen molar-refractivity contribution in [2.45, 2.75) is 46.1 Å². The third-order valence-electron chi connectivity index (χ3n) is 1.91. The fourth-order valence-electron chi connectivity index (χ4n) is 1.08. The third kappa shape index (κ3) is 5.54. The van der Waals surface area contributed by atoms with Crippen molar-refractivity contribution in [1.82, 2.24) is 0 Å². The van der Waals surface area contributed by atoms with Gasteiger partial charge in [-0.25, -0.2) is 0 Å². The first kappa shape index (κ1) is 15.4. The predicted molar refractivity (Wildman–Crippen MR) is 49.2 cm³/mol. The van der Waals surface area contributed by atoms with Crippen LogP contribution in [0.1, 0.15) is 40.5 Å². The second-order valence-electron chi connectivity index (χ2n) is 3.08. The maximum atomic E-state index is 9.78. The third-order valence-corrected chi connectivity index (χ3v) is 1.91. The van der Waals surface area contributed by atoms with Gasteiger partial charge in [0, 0.05) is 50.9 Å². The van der Waals surface area contributed by atoms with Gasteiger partial charge in [-0.3, -0.25) is 4.99 Å². The van der Waals surface area contributed by atoms with Gasteiger partial charge in [0.2, 0.25) is 0 Å². The van der Waals surface area contributed by atoms with Gasteiger partial charge in [0.25, 0.3) is 0 Å². The van der Waals surface area contributed by atoms with Crippen LogP contribution < -0.4 is 0 Å². The van der Waals surface area contributed by atoms with E-state index in [2.05, 4.69) is 11.9 Å². The Hall–Kier alpha value is 0.916. The molecule has 0 saturated heterocycles. The molecule has 0 bridgehead atoms. The standard InChI is InChI=1S/C9H19NO.Tb/c1-5-7-9(4,11)8(3)10-6-2;/h11H,5-7H2,1-4H3;.